The largest absolute Gasteiger partial charge is 0.508 e. The summed E-state index contributed by atoms with van der Waals surface area (Å²) < 4.78 is 0.509. The quantitative estimate of drug-likeness (QED) is 0.520. The van der Waals surface area contributed by atoms with Gasteiger partial charge >= 0.3 is 0 Å². The van der Waals surface area contributed by atoms with Crippen LogP contribution in [0.3, 0.4) is 0 Å². The maximum atomic E-state index is 13.7. The number of phenolic OH excluding ortho intramolecular Hbond substituents is 1. The normalized spacial score (nSPS) is 24.0. The van der Waals surface area contributed by atoms with Crippen molar-refractivity contribution in [1.82, 2.24) is 15.5 Å². The van der Waals surface area contributed by atoms with Gasteiger partial charge in [0.05, 0.1) is 9.21 Å². The van der Waals surface area contributed by atoms with Gasteiger partial charge in [0.25, 0.3) is 5.91 Å². The van der Waals surface area contributed by atoms with Crippen molar-refractivity contribution in [3.05, 3.63) is 75.1 Å². The number of hydrogen-bond acceptors (Lipinski definition) is 5. The van der Waals surface area contributed by atoms with Crippen molar-refractivity contribution in [2.24, 2.45) is 11.3 Å². The van der Waals surface area contributed by atoms with Crippen LogP contribution in [0.2, 0.25) is 4.34 Å². The fourth-order valence-corrected chi connectivity index (χ4v) is 5.69. The molecule has 3 N–H and O–H groups in total. The average molecular weight is 514 g/mol. The Labute approximate surface area is 215 Å². The van der Waals surface area contributed by atoms with Gasteiger partial charge in [-0.05, 0) is 87.1 Å². The van der Waals surface area contributed by atoms with Gasteiger partial charge in [-0.25, -0.2) is 0 Å². The van der Waals surface area contributed by atoms with Crippen LogP contribution in [-0.4, -0.2) is 47.5 Å². The molecule has 1 saturated heterocycles. The minimum absolute atomic E-state index is 0.0704. The number of hydrogen-bond donors (Lipinski definition) is 3. The van der Waals surface area contributed by atoms with Gasteiger partial charge in [0.2, 0.25) is 5.91 Å². The highest BCUT2D eigenvalue weighted by atomic mass is 35.5. The Kier molecular flexibility index (Phi) is 7.40. The molecule has 1 aromatic heterocycles. The average Bonchev–Trinajstić information content (AvgIpc) is 3.20. The molecule has 0 bridgehead atoms. The summed E-state index contributed by atoms with van der Waals surface area (Å²) >= 11 is 7.19. The van der Waals surface area contributed by atoms with Crippen LogP contribution >= 0.6 is 22.9 Å². The fraction of sp³-hybridized carbons (Fsp3) is 0.407. The van der Waals surface area contributed by atoms with Gasteiger partial charge in [0, 0.05) is 12.1 Å². The van der Waals surface area contributed by atoms with Crippen LogP contribution < -0.4 is 10.6 Å². The molecule has 1 aliphatic carbocycles. The third-order valence-electron chi connectivity index (χ3n) is 7.16. The van der Waals surface area contributed by atoms with Crippen molar-refractivity contribution in [1.29, 1.82) is 0 Å². The number of thiophene rings is 1. The van der Waals surface area contributed by atoms with Crippen molar-refractivity contribution in [3.8, 4) is 5.75 Å². The summed E-state index contributed by atoms with van der Waals surface area (Å²) in [5, 5.41) is 15.7. The zero-order chi connectivity index (χ0) is 25.2. The second-order valence-corrected chi connectivity index (χ2v) is 11.8. The van der Waals surface area contributed by atoms with Crippen molar-refractivity contribution in [3.63, 3.8) is 0 Å². The van der Waals surface area contributed by atoms with E-state index in [1.54, 1.807) is 43.3 Å². The maximum absolute atomic E-state index is 13.7. The van der Waals surface area contributed by atoms with Gasteiger partial charge in [0.1, 0.15) is 11.3 Å². The molecule has 2 aliphatic rings. The summed E-state index contributed by atoms with van der Waals surface area (Å²) in [5.41, 5.74) is 0.412. The number of rotatable bonds is 6. The predicted octanol–water partition coefficient (Wildman–Crippen LogP) is 4.76. The van der Waals surface area contributed by atoms with Crippen LogP contribution in [0.5, 0.6) is 5.75 Å². The third kappa shape index (κ3) is 5.97. The maximum Gasteiger partial charge on any atom is 0.262 e. The van der Waals surface area contributed by atoms with Gasteiger partial charge in [-0.15, -0.1) is 11.3 Å². The number of carbonyl (C=O) groups is 2. The predicted molar refractivity (Wildman–Crippen MR) is 141 cm³/mol. The van der Waals surface area contributed by atoms with E-state index in [1.807, 2.05) is 6.08 Å². The van der Waals surface area contributed by atoms with Crippen LogP contribution in [0.25, 0.3) is 0 Å². The van der Waals surface area contributed by atoms with Gasteiger partial charge in [0.15, 0.2) is 0 Å². The van der Waals surface area contributed by atoms with Gasteiger partial charge in [-0.1, -0.05) is 42.8 Å². The Morgan fingerprint density at radius 3 is 2.66 bits per heavy atom. The molecule has 3 unspecified atom stereocenters. The fourth-order valence-electron chi connectivity index (χ4n) is 4.76. The molecule has 0 spiro atoms. The molecule has 4 rings (SSSR count). The molecule has 0 saturated carbocycles. The van der Waals surface area contributed by atoms with E-state index in [2.05, 4.69) is 41.7 Å². The SMILES string of the molecule is CN1CCC2C=C(NC(=O)C(C)(Cc3ccc(O)cc3)NC(=O)c3ccc(Cl)s3)C=CC2(C)CC1. The summed E-state index contributed by atoms with van der Waals surface area (Å²) in [4.78, 5) is 29.4. The van der Waals surface area contributed by atoms with Crippen molar-refractivity contribution < 1.29 is 14.7 Å². The van der Waals surface area contributed by atoms with E-state index < -0.39 is 5.54 Å². The van der Waals surface area contributed by atoms with Crippen molar-refractivity contribution in [2.75, 3.05) is 20.1 Å². The van der Waals surface area contributed by atoms with E-state index in [1.165, 1.54) is 11.3 Å². The second-order valence-electron chi connectivity index (χ2n) is 10.1. The standard InChI is InChI=1S/C27H32ClN3O3S/c1-26-12-10-20(16-19(26)11-14-31(3)15-13-26)29-25(34)27(2,17-18-4-6-21(32)7-5-18)30-24(33)22-8-9-23(28)35-22/h4-10,12,16,19,32H,11,13-15,17H2,1-3H3,(H,29,34)(H,30,33). The van der Waals surface area contributed by atoms with E-state index in [9.17, 15) is 14.7 Å². The van der Waals surface area contributed by atoms with Crippen molar-refractivity contribution in [2.45, 2.75) is 38.6 Å². The number of nitrogens with zero attached hydrogens (tertiary/aromatic N) is 1. The molecule has 35 heavy (non-hydrogen) atoms. The highest BCUT2D eigenvalue weighted by molar-refractivity contribution is 7.18. The number of allylic oxidation sites excluding steroid dienone is 3. The Morgan fingerprint density at radius 1 is 1.23 bits per heavy atom. The Balaban J connectivity index is 1.56. The van der Waals surface area contributed by atoms with Crippen LogP contribution in [0, 0.1) is 11.3 Å². The minimum Gasteiger partial charge on any atom is -0.508 e. The second kappa shape index (κ2) is 10.2. The number of aromatic hydroxyl groups is 1. The first kappa shape index (κ1) is 25.5. The van der Waals surface area contributed by atoms with Crippen molar-refractivity contribution >= 4 is 34.8 Å². The number of likely N-dealkylation sites (tertiary alicyclic amines) is 1. The van der Waals surface area contributed by atoms with E-state index in [-0.39, 0.29) is 29.4 Å². The topological polar surface area (TPSA) is 81.7 Å². The summed E-state index contributed by atoms with van der Waals surface area (Å²) in [6.07, 6.45) is 8.72. The molecule has 1 aromatic carbocycles. The Hall–Kier alpha value is -2.61. The number of carbonyl (C=O) groups excluding carboxylic acids is 2. The molecule has 1 fully saturated rings. The third-order valence-corrected chi connectivity index (χ3v) is 8.39. The first-order valence-electron chi connectivity index (χ1n) is 11.8. The zero-order valence-electron chi connectivity index (χ0n) is 20.3. The first-order valence-corrected chi connectivity index (χ1v) is 13.0. The summed E-state index contributed by atoms with van der Waals surface area (Å²) in [6.45, 7) is 6.07. The number of fused-ring (bicyclic) bond motifs is 1. The summed E-state index contributed by atoms with van der Waals surface area (Å²) in [6, 6.07) is 9.97. The number of halogens is 1. The lowest BCUT2D eigenvalue weighted by Crippen LogP contribution is -2.58. The highest BCUT2D eigenvalue weighted by Crippen LogP contribution is 2.41. The van der Waals surface area contributed by atoms with Gasteiger partial charge < -0.3 is 20.6 Å². The van der Waals surface area contributed by atoms with Gasteiger partial charge in [-0.3, -0.25) is 9.59 Å². The molecule has 3 atom stereocenters. The molecule has 2 amide bonds. The number of phenols is 1. The zero-order valence-corrected chi connectivity index (χ0v) is 21.9. The first-order chi connectivity index (χ1) is 16.6. The molecule has 1 aliphatic heterocycles. The van der Waals surface area contributed by atoms with E-state index in [0.29, 0.717) is 15.1 Å². The molecular weight excluding hydrogens is 482 g/mol. The Bertz CT molecular complexity index is 1160. The molecular formula is C27H32ClN3O3S. The summed E-state index contributed by atoms with van der Waals surface area (Å²) in [5.74, 6) is -0.177. The number of amides is 2. The van der Waals surface area contributed by atoms with E-state index >= 15 is 0 Å². The van der Waals surface area contributed by atoms with E-state index in [4.69, 9.17) is 11.6 Å². The van der Waals surface area contributed by atoms with Crippen LogP contribution in [0.4, 0.5) is 0 Å². The summed E-state index contributed by atoms with van der Waals surface area (Å²) in [7, 11) is 2.15. The molecule has 2 heterocycles. The van der Waals surface area contributed by atoms with Crippen LogP contribution in [-0.2, 0) is 11.2 Å². The van der Waals surface area contributed by atoms with E-state index in [0.717, 1.165) is 37.2 Å². The number of benzene rings is 1. The number of nitrogens with one attached hydrogen (secondary N) is 2. The lowest BCUT2D eigenvalue weighted by atomic mass is 9.71. The molecule has 2 aromatic rings. The molecule has 8 heteroatoms. The Morgan fingerprint density at radius 2 is 1.97 bits per heavy atom. The molecule has 186 valence electrons. The smallest absolute Gasteiger partial charge is 0.262 e. The lowest BCUT2D eigenvalue weighted by molar-refractivity contribution is -0.126. The van der Waals surface area contributed by atoms with Crippen LogP contribution in [0.15, 0.2) is 60.3 Å². The van der Waals surface area contributed by atoms with Gasteiger partial charge in [-0.2, -0.15) is 0 Å². The lowest BCUT2D eigenvalue weighted by Gasteiger charge is -2.36. The van der Waals surface area contributed by atoms with Crippen LogP contribution in [0.1, 0.15) is 41.9 Å². The molecule has 0 radical (unpaired) electrons. The minimum atomic E-state index is -1.23. The molecule has 6 nitrogen and oxygen atoms in total. The monoisotopic (exact) mass is 513 g/mol. The highest BCUT2D eigenvalue weighted by Gasteiger charge is 2.38.